The van der Waals surface area contributed by atoms with Crippen LogP contribution in [0.5, 0.6) is 0 Å². The van der Waals surface area contributed by atoms with Crippen LogP contribution in [-0.2, 0) is 4.79 Å². The average molecular weight is 280 g/mol. The second-order valence-corrected chi connectivity index (χ2v) is 6.11. The Balaban J connectivity index is 1.94. The maximum atomic E-state index is 12.1. The van der Waals surface area contributed by atoms with Gasteiger partial charge in [-0.1, -0.05) is 37.5 Å². The minimum atomic E-state index is -0.0915. The number of amides is 1. The molecule has 1 unspecified atom stereocenters. The lowest BCUT2D eigenvalue weighted by Gasteiger charge is -2.21. The van der Waals surface area contributed by atoms with Gasteiger partial charge in [-0.15, -0.1) is 11.6 Å². The summed E-state index contributed by atoms with van der Waals surface area (Å²) in [7, 11) is 0. The number of benzene rings is 1. The molecule has 1 aromatic carbocycles. The van der Waals surface area contributed by atoms with Crippen molar-refractivity contribution in [2.75, 3.05) is 5.32 Å². The Kier molecular flexibility index (Phi) is 5.26. The van der Waals surface area contributed by atoms with E-state index in [0.29, 0.717) is 12.3 Å². The highest BCUT2D eigenvalue weighted by molar-refractivity contribution is 6.21. The minimum absolute atomic E-state index is 0.0915. The SMILES string of the molecule is CC(Cl)c1ccccc1NC(=O)CC1CCCCC1. The minimum Gasteiger partial charge on any atom is -0.326 e. The predicted octanol–water partition coefficient (Wildman–Crippen LogP) is 4.90. The van der Waals surface area contributed by atoms with Crippen molar-refractivity contribution in [1.82, 2.24) is 0 Å². The molecule has 0 bridgehead atoms. The first-order valence-corrected chi connectivity index (χ1v) is 7.63. The molecule has 0 aliphatic heterocycles. The highest BCUT2D eigenvalue weighted by Crippen LogP contribution is 2.29. The fourth-order valence-electron chi connectivity index (χ4n) is 2.81. The van der Waals surface area contributed by atoms with E-state index < -0.39 is 0 Å². The molecular weight excluding hydrogens is 258 g/mol. The van der Waals surface area contributed by atoms with Crippen molar-refractivity contribution < 1.29 is 4.79 Å². The Bertz CT molecular complexity index is 425. The molecule has 1 N–H and O–H groups in total. The van der Waals surface area contributed by atoms with Crippen LogP contribution in [0, 0.1) is 5.92 Å². The van der Waals surface area contributed by atoms with Gasteiger partial charge in [0, 0.05) is 12.1 Å². The normalized spacial score (nSPS) is 18.0. The maximum absolute atomic E-state index is 12.1. The van der Waals surface area contributed by atoms with Crippen LogP contribution in [0.25, 0.3) is 0 Å². The van der Waals surface area contributed by atoms with Crippen molar-refractivity contribution in [1.29, 1.82) is 0 Å². The van der Waals surface area contributed by atoms with Gasteiger partial charge < -0.3 is 5.32 Å². The molecule has 2 nitrogen and oxygen atoms in total. The van der Waals surface area contributed by atoms with E-state index in [4.69, 9.17) is 11.6 Å². The lowest BCUT2D eigenvalue weighted by molar-refractivity contribution is -0.117. The molecule has 1 amide bonds. The summed E-state index contributed by atoms with van der Waals surface area (Å²) in [5.41, 5.74) is 1.84. The van der Waals surface area contributed by atoms with Gasteiger partial charge in [0.05, 0.1) is 5.38 Å². The Morgan fingerprint density at radius 2 is 2.00 bits per heavy atom. The molecule has 19 heavy (non-hydrogen) atoms. The number of para-hydroxylation sites is 1. The van der Waals surface area contributed by atoms with Gasteiger partial charge in [0.25, 0.3) is 0 Å². The van der Waals surface area contributed by atoms with Gasteiger partial charge >= 0.3 is 0 Å². The number of rotatable bonds is 4. The van der Waals surface area contributed by atoms with Gasteiger partial charge in [0.2, 0.25) is 5.91 Å². The Hall–Kier alpha value is -1.02. The highest BCUT2D eigenvalue weighted by Gasteiger charge is 2.18. The summed E-state index contributed by atoms with van der Waals surface area (Å²) in [5.74, 6) is 0.686. The second-order valence-electron chi connectivity index (χ2n) is 5.46. The highest BCUT2D eigenvalue weighted by atomic mass is 35.5. The molecule has 3 heteroatoms. The van der Waals surface area contributed by atoms with E-state index >= 15 is 0 Å². The van der Waals surface area contributed by atoms with E-state index in [9.17, 15) is 4.79 Å². The standard InChI is InChI=1S/C16H22ClNO/c1-12(17)14-9-5-6-10-15(14)18-16(19)11-13-7-3-2-4-8-13/h5-6,9-10,12-13H,2-4,7-8,11H2,1H3,(H,18,19). The molecule has 1 atom stereocenters. The lowest BCUT2D eigenvalue weighted by Crippen LogP contribution is -2.19. The molecule has 1 saturated carbocycles. The zero-order valence-corrected chi connectivity index (χ0v) is 12.2. The van der Waals surface area contributed by atoms with Crippen LogP contribution in [0.1, 0.15) is 56.4 Å². The van der Waals surface area contributed by atoms with Gasteiger partial charge in [0.15, 0.2) is 0 Å². The van der Waals surface area contributed by atoms with Gasteiger partial charge in [-0.05, 0) is 37.3 Å². The largest absolute Gasteiger partial charge is 0.326 e. The summed E-state index contributed by atoms with van der Waals surface area (Å²) in [6.45, 7) is 1.92. The van der Waals surface area contributed by atoms with Gasteiger partial charge in [0.1, 0.15) is 0 Å². The summed E-state index contributed by atoms with van der Waals surface area (Å²) in [4.78, 5) is 12.1. The topological polar surface area (TPSA) is 29.1 Å². The number of hydrogen-bond donors (Lipinski definition) is 1. The summed E-state index contributed by atoms with van der Waals surface area (Å²) < 4.78 is 0. The van der Waals surface area contributed by atoms with Crippen LogP contribution in [-0.4, -0.2) is 5.91 Å². The summed E-state index contributed by atoms with van der Waals surface area (Å²) in [6, 6.07) is 7.77. The number of alkyl halides is 1. The first-order valence-electron chi connectivity index (χ1n) is 7.19. The van der Waals surface area contributed by atoms with Gasteiger partial charge in [-0.3, -0.25) is 4.79 Å². The Morgan fingerprint density at radius 3 is 2.68 bits per heavy atom. The zero-order valence-electron chi connectivity index (χ0n) is 11.5. The van der Waals surface area contributed by atoms with E-state index in [2.05, 4.69) is 5.32 Å². The molecule has 0 saturated heterocycles. The number of hydrogen-bond acceptors (Lipinski definition) is 1. The summed E-state index contributed by atoms with van der Waals surface area (Å²) >= 11 is 6.13. The summed E-state index contributed by atoms with van der Waals surface area (Å²) in [6.07, 6.45) is 6.90. The smallest absolute Gasteiger partial charge is 0.224 e. The predicted molar refractivity (Wildman–Crippen MR) is 80.5 cm³/mol. The number of nitrogens with one attached hydrogen (secondary N) is 1. The van der Waals surface area contributed by atoms with Crippen molar-refractivity contribution >= 4 is 23.2 Å². The molecule has 1 fully saturated rings. The van der Waals surface area contributed by atoms with Crippen molar-refractivity contribution in [3.05, 3.63) is 29.8 Å². The molecule has 1 aliphatic rings. The van der Waals surface area contributed by atoms with E-state index in [-0.39, 0.29) is 11.3 Å². The Morgan fingerprint density at radius 1 is 1.32 bits per heavy atom. The number of halogens is 1. The third kappa shape index (κ3) is 4.24. The molecule has 0 aromatic heterocycles. The number of carbonyl (C=O) groups excluding carboxylic acids is 1. The fraction of sp³-hybridized carbons (Fsp3) is 0.562. The third-order valence-corrected chi connectivity index (χ3v) is 4.10. The van der Waals surface area contributed by atoms with Crippen LogP contribution in [0.4, 0.5) is 5.69 Å². The fourth-order valence-corrected chi connectivity index (χ4v) is 3.00. The molecule has 1 aliphatic carbocycles. The lowest BCUT2D eigenvalue weighted by atomic mass is 9.87. The quantitative estimate of drug-likeness (QED) is 0.781. The average Bonchev–Trinajstić information content (AvgIpc) is 2.40. The molecule has 0 spiro atoms. The van der Waals surface area contributed by atoms with Crippen LogP contribution in [0.3, 0.4) is 0 Å². The van der Waals surface area contributed by atoms with Crippen LogP contribution < -0.4 is 5.32 Å². The zero-order chi connectivity index (χ0) is 13.7. The van der Waals surface area contributed by atoms with Gasteiger partial charge in [-0.25, -0.2) is 0 Å². The van der Waals surface area contributed by atoms with E-state index in [0.717, 1.165) is 11.3 Å². The maximum Gasteiger partial charge on any atom is 0.224 e. The third-order valence-electron chi connectivity index (χ3n) is 3.86. The molecule has 0 heterocycles. The monoisotopic (exact) mass is 279 g/mol. The molecule has 2 rings (SSSR count). The number of carbonyl (C=O) groups is 1. The van der Waals surface area contributed by atoms with Crippen LogP contribution >= 0.6 is 11.6 Å². The first-order chi connectivity index (χ1) is 9.16. The van der Waals surface area contributed by atoms with Crippen LogP contribution in [0.2, 0.25) is 0 Å². The van der Waals surface area contributed by atoms with Crippen LogP contribution in [0.15, 0.2) is 24.3 Å². The van der Waals surface area contributed by atoms with Gasteiger partial charge in [-0.2, -0.15) is 0 Å². The number of anilines is 1. The summed E-state index contributed by atoms with van der Waals surface area (Å²) in [5, 5.41) is 2.92. The van der Waals surface area contributed by atoms with E-state index in [1.165, 1.54) is 32.1 Å². The molecular formula is C16H22ClNO. The Labute approximate surface area is 120 Å². The second kappa shape index (κ2) is 6.95. The van der Waals surface area contributed by atoms with Crippen molar-refractivity contribution in [2.45, 2.75) is 50.8 Å². The van der Waals surface area contributed by atoms with Crippen molar-refractivity contribution in [3.8, 4) is 0 Å². The van der Waals surface area contributed by atoms with Crippen molar-refractivity contribution in [2.24, 2.45) is 5.92 Å². The van der Waals surface area contributed by atoms with E-state index in [1.54, 1.807) is 0 Å². The molecule has 0 radical (unpaired) electrons. The van der Waals surface area contributed by atoms with E-state index in [1.807, 2.05) is 31.2 Å². The molecule has 1 aromatic rings. The van der Waals surface area contributed by atoms with Crippen molar-refractivity contribution in [3.63, 3.8) is 0 Å². The molecule has 104 valence electrons. The first kappa shape index (κ1) is 14.4.